The summed E-state index contributed by atoms with van der Waals surface area (Å²) in [6.45, 7) is 10.6. The maximum absolute atomic E-state index is 6.10. The summed E-state index contributed by atoms with van der Waals surface area (Å²) >= 11 is 6.10. The van der Waals surface area contributed by atoms with Crippen molar-refractivity contribution in [3.05, 3.63) is 28.8 Å². The Morgan fingerprint density at radius 2 is 1.94 bits per heavy atom. The van der Waals surface area contributed by atoms with Gasteiger partial charge < -0.3 is 10.2 Å². The number of nitrogens with zero attached hydrogens (tertiary/aromatic N) is 1. The van der Waals surface area contributed by atoms with Crippen molar-refractivity contribution in [1.82, 2.24) is 5.32 Å². The number of halogens is 1. The van der Waals surface area contributed by atoms with Crippen LogP contribution in [0.3, 0.4) is 0 Å². The molecule has 3 heteroatoms. The van der Waals surface area contributed by atoms with Gasteiger partial charge in [0, 0.05) is 36.4 Å². The molecule has 0 fully saturated rings. The molecule has 102 valence electrons. The van der Waals surface area contributed by atoms with Crippen LogP contribution in [0.15, 0.2) is 18.2 Å². The summed E-state index contributed by atoms with van der Waals surface area (Å²) in [6, 6.07) is 6.13. The van der Waals surface area contributed by atoms with Gasteiger partial charge in [-0.2, -0.15) is 0 Å². The second-order valence-electron chi connectivity index (χ2n) is 5.80. The van der Waals surface area contributed by atoms with Gasteiger partial charge in [0.1, 0.15) is 0 Å². The molecule has 0 bridgehead atoms. The van der Waals surface area contributed by atoms with E-state index in [1.54, 1.807) is 0 Å². The van der Waals surface area contributed by atoms with Crippen molar-refractivity contribution in [2.24, 2.45) is 0 Å². The first-order chi connectivity index (χ1) is 8.33. The lowest BCUT2D eigenvalue weighted by Gasteiger charge is -2.25. The number of benzene rings is 1. The van der Waals surface area contributed by atoms with E-state index in [0.29, 0.717) is 0 Å². The number of anilines is 1. The fourth-order valence-corrected chi connectivity index (χ4v) is 2.02. The standard InChI is InChI=1S/C15H25ClN2/c1-6-9-18(5)14-10-13(16)8-7-12(14)11-17-15(2,3)4/h7-8,10,17H,6,9,11H2,1-5H3. The minimum absolute atomic E-state index is 0.125. The number of hydrogen-bond donors (Lipinski definition) is 1. The highest BCUT2D eigenvalue weighted by atomic mass is 35.5. The zero-order chi connectivity index (χ0) is 13.8. The van der Waals surface area contributed by atoms with E-state index < -0.39 is 0 Å². The van der Waals surface area contributed by atoms with Crippen molar-refractivity contribution in [2.45, 2.75) is 46.2 Å². The van der Waals surface area contributed by atoms with Crippen LogP contribution in [-0.4, -0.2) is 19.1 Å². The number of rotatable bonds is 5. The van der Waals surface area contributed by atoms with Crippen LogP contribution in [0.25, 0.3) is 0 Å². The summed E-state index contributed by atoms with van der Waals surface area (Å²) in [5, 5.41) is 4.32. The Bertz CT molecular complexity index is 383. The average molecular weight is 269 g/mol. The van der Waals surface area contributed by atoms with Crippen LogP contribution in [0.1, 0.15) is 39.7 Å². The molecule has 2 nitrogen and oxygen atoms in total. The van der Waals surface area contributed by atoms with Crippen LogP contribution in [0.2, 0.25) is 5.02 Å². The third kappa shape index (κ3) is 4.87. The summed E-state index contributed by atoms with van der Waals surface area (Å²) in [5.41, 5.74) is 2.65. The average Bonchev–Trinajstić information content (AvgIpc) is 2.26. The van der Waals surface area contributed by atoms with Gasteiger partial charge in [-0.1, -0.05) is 24.6 Å². The highest BCUT2D eigenvalue weighted by molar-refractivity contribution is 6.30. The molecule has 1 aromatic carbocycles. The van der Waals surface area contributed by atoms with Crippen LogP contribution in [0.4, 0.5) is 5.69 Å². The third-order valence-electron chi connectivity index (χ3n) is 2.83. The molecule has 0 aromatic heterocycles. The molecule has 0 aliphatic rings. The molecule has 0 spiro atoms. The molecule has 1 aromatic rings. The number of nitrogens with one attached hydrogen (secondary N) is 1. The Morgan fingerprint density at radius 1 is 1.28 bits per heavy atom. The van der Waals surface area contributed by atoms with Gasteiger partial charge in [0.25, 0.3) is 0 Å². The van der Waals surface area contributed by atoms with Gasteiger partial charge in [0.15, 0.2) is 0 Å². The van der Waals surface area contributed by atoms with E-state index >= 15 is 0 Å². The Hall–Kier alpha value is -0.730. The second-order valence-corrected chi connectivity index (χ2v) is 6.23. The topological polar surface area (TPSA) is 15.3 Å². The van der Waals surface area contributed by atoms with Crippen LogP contribution >= 0.6 is 11.6 Å². The highest BCUT2D eigenvalue weighted by Crippen LogP contribution is 2.24. The van der Waals surface area contributed by atoms with Crippen LogP contribution in [0, 0.1) is 0 Å². The zero-order valence-corrected chi connectivity index (χ0v) is 12.9. The van der Waals surface area contributed by atoms with Crippen molar-refractivity contribution in [3.63, 3.8) is 0 Å². The molecule has 0 heterocycles. The molecule has 1 N–H and O–H groups in total. The minimum atomic E-state index is 0.125. The fourth-order valence-electron chi connectivity index (χ4n) is 1.86. The lowest BCUT2D eigenvalue weighted by atomic mass is 10.1. The minimum Gasteiger partial charge on any atom is -0.374 e. The van der Waals surface area contributed by atoms with Crippen molar-refractivity contribution in [3.8, 4) is 0 Å². The molecular weight excluding hydrogens is 244 g/mol. The Labute approximate surface area is 116 Å². The van der Waals surface area contributed by atoms with Gasteiger partial charge in [0.2, 0.25) is 0 Å². The van der Waals surface area contributed by atoms with E-state index in [-0.39, 0.29) is 5.54 Å². The van der Waals surface area contributed by atoms with Crippen LogP contribution in [0.5, 0.6) is 0 Å². The summed E-state index contributed by atoms with van der Waals surface area (Å²) in [5.74, 6) is 0. The van der Waals surface area contributed by atoms with Crippen molar-refractivity contribution < 1.29 is 0 Å². The fraction of sp³-hybridized carbons (Fsp3) is 0.600. The molecule has 0 atom stereocenters. The van der Waals surface area contributed by atoms with Gasteiger partial charge in [-0.25, -0.2) is 0 Å². The van der Waals surface area contributed by atoms with Crippen molar-refractivity contribution in [2.75, 3.05) is 18.5 Å². The van der Waals surface area contributed by atoms with Gasteiger partial charge in [-0.05, 0) is 44.9 Å². The summed E-state index contributed by atoms with van der Waals surface area (Å²) in [6.07, 6.45) is 1.13. The molecule has 0 aliphatic carbocycles. The zero-order valence-electron chi connectivity index (χ0n) is 12.2. The molecule has 0 saturated carbocycles. The largest absolute Gasteiger partial charge is 0.374 e. The molecule has 0 saturated heterocycles. The van der Waals surface area contributed by atoms with Crippen molar-refractivity contribution in [1.29, 1.82) is 0 Å². The van der Waals surface area contributed by atoms with Gasteiger partial charge in [-0.15, -0.1) is 0 Å². The van der Waals surface area contributed by atoms with Gasteiger partial charge in [-0.3, -0.25) is 0 Å². The smallest absolute Gasteiger partial charge is 0.0426 e. The molecular formula is C15H25ClN2. The first-order valence-electron chi connectivity index (χ1n) is 6.58. The highest BCUT2D eigenvalue weighted by Gasteiger charge is 2.12. The lowest BCUT2D eigenvalue weighted by molar-refractivity contribution is 0.424. The Morgan fingerprint density at radius 3 is 2.50 bits per heavy atom. The summed E-state index contributed by atoms with van der Waals surface area (Å²) in [7, 11) is 2.12. The van der Waals surface area contributed by atoms with Crippen LogP contribution in [-0.2, 0) is 6.54 Å². The molecule has 1 rings (SSSR count). The predicted octanol–water partition coefficient (Wildman–Crippen LogP) is 4.07. The van der Waals surface area contributed by atoms with Gasteiger partial charge >= 0.3 is 0 Å². The Balaban J connectivity index is 2.89. The van der Waals surface area contributed by atoms with Crippen LogP contribution < -0.4 is 10.2 Å². The normalized spacial score (nSPS) is 11.7. The van der Waals surface area contributed by atoms with E-state index in [1.807, 2.05) is 6.07 Å². The first kappa shape index (κ1) is 15.3. The maximum Gasteiger partial charge on any atom is 0.0426 e. The van der Waals surface area contributed by atoms with E-state index in [0.717, 1.165) is 24.5 Å². The Kier molecular flexibility index (Phi) is 5.48. The molecule has 0 unspecified atom stereocenters. The van der Waals surface area contributed by atoms with E-state index in [1.165, 1.54) is 11.3 Å². The lowest BCUT2D eigenvalue weighted by Crippen LogP contribution is -2.35. The molecule has 0 radical (unpaired) electrons. The summed E-state index contributed by atoms with van der Waals surface area (Å²) < 4.78 is 0. The predicted molar refractivity (Wildman–Crippen MR) is 81.6 cm³/mol. The van der Waals surface area contributed by atoms with Gasteiger partial charge in [0.05, 0.1) is 0 Å². The third-order valence-corrected chi connectivity index (χ3v) is 3.06. The maximum atomic E-state index is 6.10. The van der Waals surface area contributed by atoms with E-state index in [4.69, 9.17) is 11.6 Å². The monoisotopic (exact) mass is 268 g/mol. The van der Waals surface area contributed by atoms with Crippen molar-refractivity contribution >= 4 is 17.3 Å². The SMILES string of the molecule is CCCN(C)c1cc(Cl)ccc1CNC(C)(C)C. The van der Waals surface area contributed by atoms with E-state index in [9.17, 15) is 0 Å². The first-order valence-corrected chi connectivity index (χ1v) is 6.96. The number of hydrogen-bond acceptors (Lipinski definition) is 2. The molecule has 18 heavy (non-hydrogen) atoms. The molecule has 0 aliphatic heterocycles. The second kappa shape index (κ2) is 6.44. The van der Waals surface area contributed by atoms with E-state index in [2.05, 4.69) is 57.1 Å². The molecule has 0 amide bonds. The quantitative estimate of drug-likeness (QED) is 0.866. The summed E-state index contributed by atoms with van der Waals surface area (Å²) in [4.78, 5) is 2.27.